The number of aromatic nitrogens is 3. The van der Waals surface area contributed by atoms with Gasteiger partial charge in [0.05, 0.1) is 28.3 Å². The number of rotatable bonds is 6. The maximum Gasteiger partial charge on any atom is 0.522 e. The van der Waals surface area contributed by atoms with Crippen molar-refractivity contribution >= 4 is 44.2 Å². The second kappa shape index (κ2) is 9.47. The summed E-state index contributed by atoms with van der Waals surface area (Å²) in [5, 5.41) is 4.12. The van der Waals surface area contributed by atoms with Crippen molar-refractivity contribution in [2.24, 2.45) is 5.92 Å². The zero-order valence-corrected chi connectivity index (χ0v) is 19.8. The van der Waals surface area contributed by atoms with Crippen LogP contribution in [0.15, 0.2) is 30.7 Å². The second-order valence-electron chi connectivity index (χ2n) is 9.16. The van der Waals surface area contributed by atoms with Crippen molar-refractivity contribution in [3.8, 4) is 0 Å². The number of halogens is 4. The molecule has 2 aliphatic rings. The predicted octanol–water partition coefficient (Wildman–Crippen LogP) is 6.69. The van der Waals surface area contributed by atoms with Crippen molar-refractivity contribution < 1.29 is 22.7 Å². The van der Waals surface area contributed by atoms with E-state index in [2.05, 4.69) is 24.6 Å². The molecule has 3 aromatic rings. The van der Waals surface area contributed by atoms with Gasteiger partial charge in [-0.2, -0.15) is 0 Å². The molecule has 2 heterocycles. The van der Waals surface area contributed by atoms with E-state index >= 15 is 0 Å². The summed E-state index contributed by atoms with van der Waals surface area (Å²) in [7, 11) is 0. The minimum Gasteiger partial charge on any atom is -0.334 e. The Bertz CT molecular complexity index is 1170. The molecule has 182 valence electrons. The molecule has 11 heteroatoms. The molecule has 1 aromatic carbocycles. The number of imidazole rings is 1. The summed E-state index contributed by atoms with van der Waals surface area (Å²) >= 11 is 7.43. The molecule has 2 aromatic heterocycles. The first-order chi connectivity index (χ1) is 16.2. The summed E-state index contributed by atoms with van der Waals surface area (Å²) in [6, 6.07) is 5.79. The third kappa shape index (κ3) is 5.55. The Labute approximate surface area is 203 Å². The topological polar surface area (TPSA) is 69.0 Å². The summed E-state index contributed by atoms with van der Waals surface area (Å²) in [6.45, 7) is 0. The Morgan fingerprint density at radius 2 is 2.00 bits per heavy atom. The zero-order chi connectivity index (χ0) is 23.9. The van der Waals surface area contributed by atoms with Crippen LogP contribution in [0.25, 0.3) is 10.2 Å². The number of amides is 1. The maximum atomic E-state index is 12.5. The van der Waals surface area contributed by atoms with E-state index in [1.54, 1.807) is 18.5 Å². The standard InChI is InChI=1S/C23H24ClF3N4O2S/c24-15-3-6-20-18(10-15)29-22(34-20)30-21(32)7-13-1-4-16(5-2-13)31-11-19(28-12-31)14-8-17(9-14)33-23(25,26)27/h3,6,10-14,16-17H,1-2,4-5,7-9H2,(H,29,30,32). The lowest BCUT2D eigenvalue weighted by molar-refractivity contribution is -0.351. The fourth-order valence-corrected chi connectivity index (χ4v) is 5.92. The normalized spacial score (nSPS) is 25.3. The Kier molecular flexibility index (Phi) is 6.56. The number of carbonyl (C=O) groups is 1. The molecule has 5 rings (SSSR count). The molecule has 1 N–H and O–H groups in total. The van der Waals surface area contributed by atoms with Crippen LogP contribution in [0.5, 0.6) is 0 Å². The number of benzene rings is 1. The Morgan fingerprint density at radius 3 is 2.74 bits per heavy atom. The van der Waals surface area contributed by atoms with Crippen molar-refractivity contribution in [2.75, 3.05) is 5.32 Å². The van der Waals surface area contributed by atoms with Crippen molar-refractivity contribution in [3.63, 3.8) is 0 Å². The van der Waals surface area contributed by atoms with Crippen molar-refractivity contribution in [1.29, 1.82) is 0 Å². The van der Waals surface area contributed by atoms with Gasteiger partial charge in [-0.1, -0.05) is 22.9 Å². The monoisotopic (exact) mass is 512 g/mol. The quantitative estimate of drug-likeness (QED) is 0.399. The van der Waals surface area contributed by atoms with E-state index in [0.29, 0.717) is 41.4 Å². The summed E-state index contributed by atoms with van der Waals surface area (Å²) in [5.41, 5.74) is 1.61. The molecule has 34 heavy (non-hydrogen) atoms. The molecule has 1 amide bonds. The molecule has 6 nitrogen and oxygen atoms in total. The van der Waals surface area contributed by atoms with Gasteiger partial charge >= 0.3 is 6.36 Å². The van der Waals surface area contributed by atoms with Gasteiger partial charge in [-0.25, -0.2) is 9.97 Å². The van der Waals surface area contributed by atoms with Crippen LogP contribution in [-0.4, -0.2) is 32.9 Å². The third-order valence-corrected chi connectivity index (χ3v) is 7.93. The number of thiazole rings is 1. The highest BCUT2D eigenvalue weighted by atomic mass is 35.5. The summed E-state index contributed by atoms with van der Waals surface area (Å²) in [5.74, 6) is 0.307. The summed E-state index contributed by atoms with van der Waals surface area (Å²) in [4.78, 5) is 21.4. The molecular formula is C23H24ClF3N4O2S. The highest BCUT2D eigenvalue weighted by Crippen LogP contribution is 2.41. The fourth-order valence-electron chi connectivity index (χ4n) is 4.89. The van der Waals surface area contributed by atoms with Gasteiger partial charge in [-0.15, -0.1) is 13.2 Å². The fraction of sp³-hybridized carbons (Fsp3) is 0.522. The molecule has 0 saturated heterocycles. The van der Waals surface area contributed by atoms with Gasteiger partial charge in [0.1, 0.15) is 0 Å². The minimum atomic E-state index is -4.58. The van der Waals surface area contributed by atoms with Crippen LogP contribution < -0.4 is 5.32 Å². The van der Waals surface area contributed by atoms with Gasteiger partial charge in [-0.3, -0.25) is 9.53 Å². The molecule has 2 saturated carbocycles. The molecule has 0 atom stereocenters. The summed E-state index contributed by atoms with van der Waals surface area (Å²) in [6.07, 6.45) is 3.32. The van der Waals surface area contributed by atoms with Crippen LogP contribution in [0.1, 0.15) is 62.6 Å². The third-order valence-electron chi connectivity index (χ3n) is 6.74. The first kappa shape index (κ1) is 23.6. The van der Waals surface area contributed by atoms with E-state index in [0.717, 1.165) is 41.6 Å². The zero-order valence-electron chi connectivity index (χ0n) is 18.2. The van der Waals surface area contributed by atoms with Gasteiger partial charge in [0.2, 0.25) is 5.91 Å². The number of hydrogen-bond donors (Lipinski definition) is 1. The number of anilines is 1. The number of nitrogens with one attached hydrogen (secondary N) is 1. The highest BCUT2D eigenvalue weighted by molar-refractivity contribution is 7.22. The number of hydrogen-bond acceptors (Lipinski definition) is 5. The molecule has 0 radical (unpaired) electrons. The Hall–Kier alpha value is -2.17. The van der Waals surface area contributed by atoms with Gasteiger partial charge < -0.3 is 9.88 Å². The van der Waals surface area contributed by atoms with Crippen molar-refractivity contribution in [1.82, 2.24) is 14.5 Å². The Balaban J connectivity index is 1.08. The van der Waals surface area contributed by atoms with E-state index < -0.39 is 12.5 Å². The lowest BCUT2D eigenvalue weighted by Crippen LogP contribution is -2.34. The van der Waals surface area contributed by atoms with Crippen molar-refractivity contribution in [3.05, 3.63) is 41.4 Å². The van der Waals surface area contributed by atoms with E-state index in [9.17, 15) is 18.0 Å². The first-order valence-electron chi connectivity index (χ1n) is 11.4. The van der Waals surface area contributed by atoms with Crippen LogP contribution in [-0.2, 0) is 9.53 Å². The number of ether oxygens (including phenoxy) is 1. The molecule has 2 fully saturated rings. The number of alkyl halides is 3. The van der Waals surface area contributed by atoms with Crippen molar-refractivity contribution in [2.45, 2.75) is 69.4 Å². The second-order valence-corrected chi connectivity index (χ2v) is 10.6. The molecule has 0 aliphatic heterocycles. The smallest absolute Gasteiger partial charge is 0.334 e. The minimum absolute atomic E-state index is 0.0205. The SMILES string of the molecule is O=C(CC1CCC(n2cnc(C3CC(OC(F)(F)F)C3)c2)CC1)Nc1nc2cc(Cl)ccc2s1. The first-order valence-corrected chi connectivity index (χ1v) is 12.5. The lowest BCUT2D eigenvalue weighted by Gasteiger charge is -2.34. The van der Waals surface area contributed by atoms with Gasteiger partial charge in [0, 0.05) is 29.6 Å². The van der Waals surface area contributed by atoms with Crippen LogP contribution in [0.4, 0.5) is 18.3 Å². The van der Waals surface area contributed by atoms with Crippen LogP contribution >= 0.6 is 22.9 Å². The average molecular weight is 513 g/mol. The van der Waals surface area contributed by atoms with Crippen LogP contribution in [0.2, 0.25) is 5.02 Å². The predicted molar refractivity (Wildman–Crippen MR) is 124 cm³/mol. The molecular weight excluding hydrogens is 489 g/mol. The molecule has 2 aliphatic carbocycles. The number of carbonyl (C=O) groups excluding carboxylic acids is 1. The highest BCUT2D eigenvalue weighted by Gasteiger charge is 2.41. The van der Waals surface area contributed by atoms with E-state index in [4.69, 9.17) is 11.6 Å². The lowest BCUT2D eigenvalue weighted by atomic mass is 9.80. The van der Waals surface area contributed by atoms with Gasteiger partial charge in [0.15, 0.2) is 5.13 Å². The van der Waals surface area contributed by atoms with E-state index in [1.807, 2.05) is 12.3 Å². The van der Waals surface area contributed by atoms with Gasteiger partial charge in [0.25, 0.3) is 0 Å². The van der Waals surface area contributed by atoms with E-state index in [-0.39, 0.29) is 11.8 Å². The number of fused-ring (bicyclic) bond motifs is 1. The molecule has 0 spiro atoms. The maximum absolute atomic E-state index is 12.5. The van der Waals surface area contributed by atoms with Gasteiger partial charge in [-0.05, 0) is 62.6 Å². The summed E-state index contributed by atoms with van der Waals surface area (Å²) < 4.78 is 44.0. The Morgan fingerprint density at radius 1 is 1.24 bits per heavy atom. The van der Waals surface area contributed by atoms with E-state index in [1.165, 1.54) is 11.3 Å². The molecule has 0 unspecified atom stereocenters. The number of nitrogens with zero attached hydrogens (tertiary/aromatic N) is 3. The van der Waals surface area contributed by atoms with Crippen LogP contribution in [0.3, 0.4) is 0 Å². The average Bonchev–Trinajstić information content (AvgIpc) is 3.36. The van der Waals surface area contributed by atoms with Crippen LogP contribution in [0, 0.1) is 5.92 Å². The molecule has 0 bridgehead atoms. The largest absolute Gasteiger partial charge is 0.522 e.